The zero-order chi connectivity index (χ0) is 13.8. The highest BCUT2D eigenvalue weighted by Gasteiger charge is 2.34. The largest absolute Gasteiger partial charge is 0.496 e. The molecule has 0 aliphatic heterocycles. The smallest absolute Gasteiger partial charge is 0.264 e. The van der Waals surface area contributed by atoms with E-state index >= 15 is 0 Å². The normalized spacial score (nSPS) is 13.8. The molecule has 1 amide bonds. The molecule has 1 aromatic rings. The summed E-state index contributed by atoms with van der Waals surface area (Å²) in [4.78, 5) is 11.5. The van der Waals surface area contributed by atoms with Crippen LogP contribution in [0.2, 0.25) is 0 Å². The number of hydroxylamine groups is 1. The van der Waals surface area contributed by atoms with Crippen molar-refractivity contribution in [2.75, 3.05) is 12.9 Å². The number of nitrogens with two attached hydrogens (primary N) is 1. The van der Waals surface area contributed by atoms with E-state index < -0.39 is 17.3 Å². The van der Waals surface area contributed by atoms with Gasteiger partial charge in [0, 0.05) is 17.7 Å². The van der Waals surface area contributed by atoms with Crippen LogP contribution >= 0.6 is 12.6 Å². The number of benzene rings is 1. The molecule has 7 heteroatoms. The van der Waals surface area contributed by atoms with Crippen LogP contribution in [0.4, 0.5) is 4.39 Å². The molecule has 0 saturated heterocycles. The number of carbonyl (C=O) groups excluding carboxylic acids is 1. The van der Waals surface area contributed by atoms with Gasteiger partial charge >= 0.3 is 0 Å². The average molecular weight is 274 g/mol. The zero-order valence-electron chi connectivity index (χ0n) is 9.81. The molecule has 0 unspecified atom stereocenters. The van der Waals surface area contributed by atoms with Crippen molar-refractivity contribution in [2.45, 2.75) is 12.0 Å². The molecular formula is C11H15FN2O3S. The lowest BCUT2D eigenvalue weighted by Crippen LogP contribution is -2.56. The minimum Gasteiger partial charge on any atom is -0.496 e. The van der Waals surface area contributed by atoms with Crippen molar-refractivity contribution in [3.05, 3.63) is 29.6 Å². The Morgan fingerprint density at radius 3 is 2.83 bits per heavy atom. The topological polar surface area (TPSA) is 84.6 Å². The minimum atomic E-state index is -1.52. The number of amides is 1. The summed E-state index contributed by atoms with van der Waals surface area (Å²) in [5.74, 6) is -1.13. The van der Waals surface area contributed by atoms with E-state index in [9.17, 15) is 9.18 Å². The molecule has 1 rings (SSSR count). The summed E-state index contributed by atoms with van der Waals surface area (Å²) in [5.41, 5.74) is 5.91. The van der Waals surface area contributed by atoms with Gasteiger partial charge in [-0.15, -0.1) is 0 Å². The van der Waals surface area contributed by atoms with Crippen LogP contribution < -0.4 is 16.0 Å². The maximum atomic E-state index is 13.7. The van der Waals surface area contributed by atoms with Crippen LogP contribution in [0.5, 0.6) is 5.75 Å². The molecule has 0 saturated carbocycles. The summed E-state index contributed by atoms with van der Waals surface area (Å²) in [6, 6.07) is 4.30. The van der Waals surface area contributed by atoms with Crippen LogP contribution in [-0.2, 0) is 11.2 Å². The molecule has 1 atom stereocenters. The quantitative estimate of drug-likeness (QED) is 0.358. The number of ether oxygens (including phenoxy) is 1. The van der Waals surface area contributed by atoms with E-state index in [1.807, 2.05) is 0 Å². The Morgan fingerprint density at radius 2 is 2.33 bits per heavy atom. The number of nitrogens with one attached hydrogen (secondary N) is 1. The average Bonchev–Trinajstić information content (AvgIpc) is 2.39. The number of hydrogen-bond donors (Lipinski definition) is 4. The van der Waals surface area contributed by atoms with Gasteiger partial charge in [0.1, 0.15) is 17.1 Å². The van der Waals surface area contributed by atoms with Crippen LogP contribution in [0.25, 0.3) is 0 Å². The zero-order valence-corrected chi connectivity index (χ0v) is 10.7. The third-order valence-electron chi connectivity index (χ3n) is 2.62. The molecular weight excluding hydrogens is 259 g/mol. The first-order chi connectivity index (χ1) is 8.48. The number of halogens is 1. The fourth-order valence-electron chi connectivity index (χ4n) is 1.54. The molecule has 100 valence electrons. The highest BCUT2D eigenvalue weighted by Crippen LogP contribution is 2.25. The fourth-order valence-corrected chi connectivity index (χ4v) is 1.79. The van der Waals surface area contributed by atoms with Crippen molar-refractivity contribution >= 4 is 18.5 Å². The van der Waals surface area contributed by atoms with Gasteiger partial charge in [0.25, 0.3) is 5.91 Å². The molecule has 0 spiro atoms. The van der Waals surface area contributed by atoms with E-state index in [1.54, 1.807) is 6.07 Å². The highest BCUT2D eigenvalue weighted by molar-refractivity contribution is 7.80. The third kappa shape index (κ3) is 2.92. The molecule has 0 fully saturated rings. The monoisotopic (exact) mass is 274 g/mol. The Morgan fingerprint density at radius 1 is 1.67 bits per heavy atom. The molecule has 0 heterocycles. The number of methoxy groups -OCH3 is 1. The van der Waals surface area contributed by atoms with Crippen LogP contribution in [0, 0.1) is 5.82 Å². The first-order valence-electron chi connectivity index (χ1n) is 5.14. The van der Waals surface area contributed by atoms with Gasteiger partial charge in [-0.2, -0.15) is 12.6 Å². The lowest BCUT2D eigenvalue weighted by atomic mass is 9.92. The van der Waals surface area contributed by atoms with Crippen molar-refractivity contribution in [1.82, 2.24) is 5.48 Å². The number of carbonyl (C=O) groups is 1. The van der Waals surface area contributed by atoms with E-state index in [0.717, 1.165) is 0 Å². The SMILES string of the molecule is COc1cccc(F)c1C[C@](N)(CS)C(=O)NO. The maximum Gasteiger partial charge on any atom is 0.264 e. The van der Waals surface area contributed by atoms with Crippen LogP contribution in [-0.4, -0.2) is 29.5 Å². The molecule has 5 nitrogen and oxygen atoms in total. The minimum absolute atomic E-state index is 0.0586. The standard InChI is InChI=1S/C11H15FN2O3S/c1-17-9-4-2-3-8(12)7(9)5-11(13,6-18)10(15)14-16/h2-4,16,18H,5-6,13H2,1H3,(H,14,15)/t11-/m0/s1. The molecule has 0 radical (unpaired) electrons. The summed E-state index contributed by atoms with van der Waals surface area (Å²) in [5, 5.41) is 8.64. The maximum absolute atomic E-state index is 13.7. The van der Waals surface area contributed by atoms with E-state index in [4.69, 9.17) is 15.7 Å². The molecule has 0 aliphatic rings. The van der Waals surface area contributed by atoms with Crippen molar-refractivity contribution in [2.24, 2.45) is 5.73 Å². The lowest BCUT2D eigenvalue weighted by Gasteiger charge is -2.25. The number of rotatable bonds is 5. The van der Waals surface area contributed by atoms with Crippen molar-refractivity contribution in [3.63, 3.8) is 0 Å². The summed E-state index contributed by atoms with van der Waals surface area (Å²) in [7, 11) is 1.39. The van der Waals surface area contributed by atoms with E-state index in [0.29, 0.717) is 0 Å². The van der Waals surface area contributed by atoms with Gasteiger partial charge in [-0.05, 0) is 12.1 Å². The first-order valence-corrected chi connectivity index (χ1v) is 5.77. The Kier molecular flexibility index (Phi) is 4.94. The Hall–Kier alpha value is -1.31. The molecule has 0 aromatic heterocycles. The summed E-state index contributed by atoms with van der Waals surface area (Å²) in [6.45, 7) is 0. The van der Waals surface area contributed by atoms with Crippen molar-refractivity contribution < 1.29 is 19.1 Å². The second kappa shape index (κ2) is 6.03. The van der Waals surface area contributed by atoms with E-state index in [-0.39, 0.29) is 23.5 Å². The van der Waals surface area contributed by atoms with Gasteiger partial charge < -0.3 is 10.5 Å². The Bertz CT molecular complexity index is 444. The Labute approximate surface area is 109 Å². The van der Waals surface area contributed by atoms with E-state index in [1.165, 1.54) is 24.7 Å². The summed E-state index contributed by atoms with van der Waals surface area (Å²) >= 11 is 3.96. The van der Waals surface area contributed by atoms with Crippen molar-refractivity contribution in [3.8, 4) is 5.75 Å². The summed E-state index contributed by atoms with van der Waals surface area (Å²) in [6.07, 6.45) is -0.140. The van der Waals surface area contributed by atoms with Crippen molar-refractivity contribution in [1.29, 1.82) is 0 Å². The summed E-state index contributed by atoms with van der Waals surface area (Å²) < 4.78 is 18.7. The molecule has 0 bridgehead atoms. The van der Waals surface area contributed by atoms with Gasteiger partial charge in [0.2, 0.25) is 0 Å². The van der Waals surface area contributed by atoms with Crippen LogP contribution in [0.3, 0.4) is 0 Å². The lowest BCUT2D eigenvalue weighted by molar-refractivity contribution is -0.134. The first kappa shape index (κ1) is 14.7. The highest BCUT2D eigenvalue weighted by atomic mass is 32.1. The van der Waals surface area contributed by atoms with Gasteiger partial charge in [0.15, 0.2) is 0 Å². The Balaban J connectivity index is 3.12. The number of thiol groups is 1. The predicted molar refractivity (Wildman–Crippen MR) is 67.4 cm³/mol. The molecule has 18 heavy (non-hydrogen) atoms. The fraction of sp³-hybridized carbons (Fsp3) is 0.364. The van der Waals surface area contributed by atoms with Crippen LogP contribution in [0.1, 0.15) is 5.56 Å². The predicted octanol–water partition coefficient (Wildman–Crippen LogP) is 0.509. The second-order valence-electron chi connectivity index (χ2n) is 3.85. The second-order valence-corrected chi connectivity index (χ2v) is 4.17. The number of hydrogen-bond acceptors (Lipinski definition) is 5. The molecule has 0 aliphatic carbocycles. The van der Waals surface area contributed by atoms with Gasteiger partial charge in [0.05, 0.1) is 7.11 Å². The third-order valence-corrected chi connectivity index (χ3v) is 3.19. The molecule has 4 N–H and O–H groups in total. The van der Waals surface area contributed by atoms with E-state index in [2.05, 4.69) is 12.6 Å². The molecule has 1 aromatic carbocycles. The van der Waals surface area contributed by atoms with Gasteiger partial charge in [-0.3, -0.25) is 10.0 Å². The van der Waals surface area contributed by atoms with Gasteiger partial charge in [-0.25, -0.2) is 9.87 Å². The van der Waals surface area contributed by atoms with Crippen LogP contribution in [0.15, 0.2) is 18.2 Å². The van der Waals surface area contributed by atoms with Gasteiger partial charge in [-0.1, -0.05) is 6.07 Å².